The maximum absolute atomic E-state index is 13.7. The molecule has 0 aliphatic heterocycles. The zero-order valence-electron chi connectivity index (χ0n) is 13.1. The Bertz CT molecular complexity index is 471. The van der Waals surface area contributed by atoms with Gasteiger partial charge in [0.1, 0.15) is 11.6 Å². The summed E-state index contributed by atoms with van der Waals surface area (Å²) in [6.45, 7) is 6.95. The molecular formula is C18H25BrF2. The second kappa shape index (κ2) is 6.76. The molecule has 1 aliphatic rings. The van der Waals surface area contributed by atoms with Gasteiger partial charge in [0, 0.05) is 10.9 Å². The normalized spacial score (nSPS) is 24.9. The minimum absolute atomic E-state index is 0.276. The summed E-state index contributed by atoms with van der Waals surface area (Å²) in [6.07, 6.45) is 5.53. The maximum atomic E-state index is 13.7. The number of rotatable bonds is 3. The van der Waals surface area contributed by atoms with Crippen molar-refractivity contribution < 1.29 is 8.78 Å². The Kier molecular flexibility index (Phi) is 5.45. The molecule has 0 bridgehead atoms. The molecular weight excluding hydrogens is 334 g/mol. The molecule has 0 amide bonds. The summed E-state index contributed by atoms with van der Waals surface area (Å²) in [5.41, 5.74) is 0.992. The highest BCUT2D eigenvalue weighted by Crippen LogP contribution is 2.42. The lowest BCUT2D eigenvalue weighted by Crippen LogP contribution is -2.29. The van der Waals surface area contributed by atoms with Crippen molar-refractivity contribution in [2.45, 2.75) is 57.7 Å². The van der Waals surface area contributed by atoms with Crippen molar-refractivity contribution in [2.24, 2.45) is 17.3 Å². The van der Waals surface area contributed by atoms with E-state index < -0.39 is 11.6 Å². The molecule has 118 valence electrons. The molecule has 0 heterocycles. The third-order valence-corrected chi connectivity index (χ3v) is 6.01. The van der Waals surface area contributed by atoms with Crippen LogP contribution in [0.15, 0.2) is 18.2 Å². The van der Waals surface area contributed by atoms with Crippen molar-refractivity contribution in [2.75, 3.05) is 0 Å². The molecule has 3 heteroatoms. The van der Waals surface area contributed by atoms with Crippen molar-refractivity contribution >= 4 is 15.9 Å². The Hall–Kier alpha value is -0.440. The quantitative estimate of drug-likeness (QED) is 0.570. The highest BCUT2D eigenvalue weighted by atomic mass is 79.9. The van der Waals surface area contributed by atoms with Gasteiger partial charge in [0.05, 0.1) is 0 Å². The average Bonchev–Trinajstić information content (AvgIpc) is 2.41. The van der Waals surface area contributed by atoms with Crippen molar-refractivity contribution in [3.63, 3.8) is 0 Å². The number of halogens is 3. The summed E-state index contributed by atoms with van der Waals surface area (Å²) in [6, 6.07) is 3.89. The largest absolute Gasteiger partial charge is 0.207 e. The second-order valence-electron chi connectivity index (χ2n) is 7.43. The van der Waals surface area contributed by atoms with Gasteiger partial charge >= 0.3 is 0 Å². The molecule has 1 saturated carbocycles. The molecule has 1 unspecified atom stereocenters. The van der Waals surface area contributed by atoms with E-state index in [0.717, 1.165) is 12.0 Å². The molecule has 0 aromatic heterocycles. The lowest BCUT2D eigenvalue weighted by molar-refractivity contribution is 0.149. The Balaban J connectivity index is 1.92. The third kappa shape index (κ3) is 4.51. The molecule has 0 radical (unpaired) electrons. The molecule has 1 aromatic carbocycles. The van der Waals surface area contributed by atoms with Crippen LogP contribution in [0.25, 0.3) is 0 Å². The molecule has 1 atom stereocenters. The van der Waals surface area contributed by atoms with Gasteiger partial charge in [-0.15, -0.1) is 0 Å². The number of benzene rings is 1. The van der Waals surface area contributed by atoms with Crippen molar-refractivity contribution in [1.29, 1.82) is 0 Å². The lowest BCUT2D eigenvalue weighted by Gasteiger charge is -2.38. The summed E-state index contributed by atoms with van der Waals surface area (Å²) in [7, 11) is 0. The predicted molar refractivity (Wildman–Crippen MR) is 87.7 cm³/mol. The van der Waals surface area contributed by atoms with E-state index in [1.165, 1.54) is 31.7 Å². The van der Waals surface area contributed by atoms with E-state index in [9.17, 15) is 8.78 Å². The first kappa shape index (κ1) is 16.9. The fraction of sp³-hybridized carbons (Fsp3) is 0.667. The Morgan fingerprint density at radius 1 is 1.14 bits per heavy atom. The lowest BCUT2D eigenvalue weighted by atomic mass is 9.69. The Labute approximate surface area is 135 Å². The minimum atomic E-state index is -0.506. The van der Waals surface area contributed by atoms with Crippen molar-refractivity contribution in [1.82, 2.24) is 0 Å². The van der Waals surface area contributed by atoms with Crippen molar-refractivity contribution in [3.05, 3.63) is 35.4 Å². The van der Waals surface area contributed by atoms with Gasteiger partial charge in [-0.25, -0.2) is 8.78 Å². The molecule has 21 heavy (non-hydrogen) atoms. The summed E-state index contributed by atoms with van der Waals surface area (Å²) in [5.74, 6) is 0.444. The molecule has 0 N–H and O–H groups in total. The minimum Gasteiger partial charge on any atom is -0.207 e. The van der Waals surface area contributed by atoms with Crippen LogP contribution in [-0.2, 0) is 6.42 Å². The number of hydrogen-bond donors (Lipinski definition) is 0. The maximum Gasteiger partial charge on any atom is 0.129 e. The van der Waals surface area contributed by atoms with Gasteiger partial charge in [0.15, 0.2) is 0 Å². The first-order valence-electron chi connectivity index (χ1n) is 7.85. The molecule has 1 aromatic rings. The first-order valence-corrected chi connectivity index (χ1v) is 8.77. The van der Waals surface area contributed by atoms with Crippen LogP contribution in [0.5, 0.6) is 0 Å². The van der Waals surface area contributed by atoms with Crippen LogP contribution in [0, 0.1) is 28.9 Å². The Morgan fingerprint density at radius 2 is 1.76 bits per heavy atom. The molecule has 0 nitrogen and oxygen atoms in total. The van der Waals surface area contributed by atoms with Gasteiger partial charge in [-0.05, 0) is 61.0 Å². The summed E-state index contributed by atoms with van der Waals surface area (Å²) >= 11 is 3.74. The standard InChI is InChI=1S/C18H25BrF2/c1-18(2,3)14-7-4-12(5-8-14)16(19)10-13-6-9-15(20)11-17(13)21/h6,9,11-12,14,16H,4-5,7-8,10H2,1-3H3. The van der Waals surface area contributed by atoms with E-state index >= 15 is 0 Å². The van der Waals surface area contributed by atoms with Gasteiger partial charge in [-0.3, -0.25) is 0 Å². The average molecular weight is 359 g/mol. The van der Waals surface area contributed by atoms with Crippen LogP contribution in [-0.4, -0.2) is 4.83 Å². The van der Waals surface area contributed by atoms with Crippen LogP contribution in [0.4, 0.5) is 8.78 Å². The topological polar surface area (TPSA) is 0 Å². The zero-order valence-corrected chi connectivity index (χ0v) is 14.7. The van der Waals surface area contributed by atoms with Gasteiger partial charge in [0.25, 0.3) is 0 Å². The summed E-state index contributed by atoms with van der Waals surface area (Å²) < 4.78 is 26.7. The monoisotopic (exact) mass is 358 g/mol. The van der Waals surface area contributed by atoms with Gasteiger partial charge in [-0.1, -0.05) is 42.8 Å². The summed E-state index contributed by atoms with van der Waals surface area (Å²) in [5, 5.41) is 0. The fourth-order valence-corrected chi connectivity index (χ4v) is 4.29. The van der Waals surface area contributed by atoms with Gasteiger partial charge < -0.3 is 0 Å². The van der Waals surface area contributed by atoms with Crippen molar-refractivity contribution in [3.8, 4) is 0 Å². The molecule has 1 fully saturated rings. The molecule has 0 saturated heterocycles. The molecule has 0 spiro atoms. The third-order valence-electron chi connectivity index (χ3n) is 4.94. The highest BCUT2D eigenvalue weighted by Gasteiger charge is 2.32. The van der Waals surface area contributed by atoms with E-state index in [-0.39, 0.29) is 4.83 Å². The van der Waals surface area contributed by atoms with Crippen LogP contribution in [0.2, 0.25) is 0 Å². The smallest absolute Gasteiger partial charge is 0.129 e. The fourth-order valence-electron chi connectivity index (χ4n) is 3.41. The number of alkyl halides is 1. The van der Waals surface area contributed by atoms with E-state index in [4.69, 9.17) is 0 Å². The van der Waals surface area contributed by atoms with E-state index in [2.05, 4.69) is 36.7 Å². The molecule has 1 aliphatic carbocycles. The van der Waals surface area contributed by atoms with Crippen LogP contribution in [0.3, 0.4) is 0 Å². The highest BCUT2D eigenvalue weighted by molar-refractivity contribution is 9.09. The van der Waals surface area contributed by atoms with Crippen LogP contribution in [0.1, 0.15) is 52.0 Å². The van der Waals surface area contributed by atoms with E-state index in [1.807, 2.05) is 0 Å². The Morgan fingerprint density at radius 3 is 2.29 bits per heavy atom. The number of hydrogen-bond acceptors (Lipinski definition) is 0. The zero-order chi connectivity index (χ0) is 15.6. The van der Waals surface area contributed by atoms with Crippen LogP contribution >= 0.6 is 15.9 Å². The first-order chi connectivity index (χ1) is 9.77. The predicted octanol–water partition coefficient (Wildman–Crippen LogP) is 6.12. The second-order valence-corrected chi connectivity index (χ2v) is 8.61. The van der Waals surface area contributed by atoms with Gasteiger partial charge in [-0.2, -0.15) is 0 Å². The molecule has 2 rings (SSSR count). The summed E-state index contributed by atoms with van der Waals surface area (Å²) in [4.78, 5) is 0.276. The van der Waals surface area contributed by atoms with E-state index in [0.29, 0.717) is 23.3 Å². The van der Waals surface area contributed by atoms with E-state index in [1.54, 1.807) is 6.07 Å². The SMILES string of the molecule is CC(C)(C)C1CCC(C(Br)Cc2ccc(F)cc2F)CC1. The van der Waals surface area contributed by atoms with Crippen LogP contribution < -0.4 is 0 Å². The van der Waals surface area contributed by atoms with Gasteiger partial charge in [0.2, 0.25) is 0 Å².